The number of nitrogens with one attached hydrogen (secondary N) is 2. The van der Waals surface area contributed by atoms with Crippen LogP contribution in [0.5, 0.6) is 0 Å². The maximum absolute atomic E-state index is 11.6. The van der Waals surface area contributed by atoms with Gasteiger partial charge in [0.1, 0.15) is 6.04 Å². The fourth-order valence-electron chi connectivity index (χ4n) is 1.20. The van der Waals surface area contributed by atoms with Crippen molar-refractivity contribution in [2.75, 3.05) is 13.1 Å². The minimum Gasteiger partial charge on any atom is -0.355 e. The third-order valence-corrected chi connectivity index (χ3v) is 3.08. The van der Waals surface area contributed by atoms with Gasteiger partial charge in [0.05, 0.1) is 6.54 Å². The van der Waals surface area contributed by atoms with E-state index in [1.54, 1.807) is 6.07 Å². The van der Waals surface area contributed by atoms with Crippen molar-refractivity contribution in [3.8, 4) is 0 Å². The van der Waals surface area contributed by atoms with Crippen molar-refractivity contribution in [2.45, 2.75) is 19.4 Å². The molecule has 0 saturated heterocycles. The van der Waals surface area contributed by atoms with Crippen LogP contribution in [0.1, 0.15) is 24.3 Å². The molecule has 1 heterocycles. The Balaban J connectivity index is 2.32. The molecule has 5 nitrogen and oxygen atoms in total. The lowest BCUT2D eigenvalue weighted by molar-refractivity contribution is -0.126. The number of rotatable bonds is 6. The van der Waals surface area contributed by atoms with E-state index in [-0.39, 0.29) is 18.4 Å². The molecular weight excluding hydrogens is 238 g/mol. The zero-order chi connectivity index (χ0) is 12.7. The zero-order valence-corrected chi connectivity index (χ0v) is 10.5. The van der Waals surface area contributed by atoms with Gasteiger partial charge in [0.25, 0.3) is 0 Å². The average Bonchev–Trinajstić information content (AvgIpc) is 2.86. The molecule has 1 aromatic heterocycles. The highest BCUT2D eigenvalue weighted by Gasteiger charge is 2.16. The Morgan fingerprint density at radius 3 is 2.82 bits per heavy atom. The lowest BCUT2D eigenvalue weighted by Crippen LogP contribution is -2.41. The molecule has 0 aromatic carbocycles. The second-order valence-corrected chi connectivity index (χ2v) is 4.54. The van der Waals surface area contributed by atoms with Crippen LogP contribution >= 0.6 is 11.3 Å². The number of nitrogens with two attached hydrogens (primary N) is 1. The monoisotopic (exact) mass is 255 g/mol. The van der Waals surface area contributed by atoms with Gasteiger partial charge in [-0.2, -0.15) is 0 Å². The van der Waals surface area contributed by atoms with Gasteiger partial charge in [0, 0.05) is 11.4 Å². The lowest BCUT2D eigenvalue weighted by Gasteiger charge is -2.10. The molecular formula is C11H17N3O2S. The van der Waals surface area contributed by atoms with E-state index in [2.05, 4.69) is 10.6 Å². The number of carbonyl (C=O) groups excluding carboxylic acids is 2. The highest BCUT2D eigenvalue weighted by molar-refractivity contribution is 7.10. The summed E-state index contributed by atoms with van der Waals surface area (Å²) in [6, 6.07) is 2.93. The van der Waals surface area contributed by atoms with Gasteiger partial charge < -0.3 is 16.4 Å². The van der Waals surface area contributed by atoms with Gasteiger partial charge in [-0.05, 0) is 17.9 Å². The van der Waals surface area contributed by atoms with Crippen molar-refractivity contribution in [1.82, 2.24) is 10.6 Å². The van der Waals surface area contributed by atoms with Crippen molar-refractivity contribution < 1.29 is 9.59 Å². The van der Waals surface area contributed by atoms with Crippen LogP contribution in [0, 0.1) is 0 Å². The Kier molecular flexibility index (Phi) is 5.65. The van der Waals surface area contributed by atoms with E-state index >= 15 is 0 Å². The molecule has 0 bridgehead atoms. The summed E-state index contributed by atoms with van der Waals surface area (Å²) in [5.74, 6) is -0.530. The average molecular weight is 255 g/mol. The summed E-state index contributed by atoms with van der Waals surface area (Å²) >= 11 is 1.42. The first-order valence-electron chi connectivity index (χ1n) is 5.48. The normalized spacial score (nSPS) is 11.9. The van der Waals surface area contributed by atoms with E-state index in [1.807, 2.05) is 18.4 Å². The maximum Gasteiger partial charge on any atom is 0.242 e. The van der Waals surface area contributed by atoms with Gasteiger partial charge >= 0.3 is 0 Å². The smallest absolute Gasteiger partial charge is 0.242 e. The van der Waals surface area contributed by atoms with Gasteiger partial charge in [-0.3, -0.25) is 9.59 Å². The number of hydrogen-bond donors (Lipinski definition) is 3. The summed E-state index contributed by atoms with van der Waals surface area (Å²) in [7, 11) is 0. The minimum atomic E-state index is -0.700. The maximum atomic E-state index is 11.6. The van der Waals surface area contributed by atoms with Gasteiger partial charge in [-0.25, -0.2) is 0 Å². The van der Waals surface area contributed by atoms with Crippen molar-refractivity contribution in [3.05, 3.63) is 22.4 Å². The van der Waals surface area contributed by atoms with Crippen LogP contribution in [0.4, 0.5) is 0 Å². The van der Waals surface area contributed by atoms with Crippen LogP contribution in [0.2, 0.25) is 0 Å². The molecule has 1 aromatic rings. The predicted octanol–water partition coefficient (Wildman–Crippen LogP) is 0.390. The predicted molar refractivity (Wildman–Crippen MR) is 67.6 cm³/mol. The van der Waals surface area contributed by atoms with Crippen LogP contribution in [-0.2, 0) is 9.59 Å². The summed E-state index contributed by atoms with van der Waals surface area (Å²) in [4.78, 5) is 23.7. The summed E-state index contributed by atoms with van der Waals surface area (Å²) in [5, 5.41) is 7.04. The van der Waals surface area contributed by atoms with Gasteiger partial charge in [-0.1, -0.05) is 13.0 Å². The summed E-state index contributed by atoms with van der Waals surface area (Å²) in [6.45, 7) is 2.55. The molecule has 0 radical (unpaired) electrons. The van der Waals surface area contributed by atoms with Crippen LogP contribution in [-0.4, -0.2) is 24.9 Å². The molecule has 2 amide bonds. The SMILES string of the molecule is CCCNC(=O)CNC(=O)C(N)c1cccs1. The van der Waals surface area contributed by atoms with E-state index in [1.165, 1.54) is 11.3 Å². The first kappa shape index (κ1) is 13.7. The van der Waals surface area contributed by atoms with Crippen molar-refractivity contribution in [3.63, 3.8) is 0 Å². The molecule has 0 saturated carbocycles. The number of amides is 2. The fraction of sp³-hybridized carbons (Fsp3) is 0.455. The Labute approximate surface area is 104 Å². The molecule has 1 unspecified atom stereocenters. The summed E-state index contributed by atoms with van der Waals surface area (Å²) in [5.41, 5.74) is 5.74. The quantitative estimate of drug-likeness (QED) is 0.687. The van der Waals surface area contributed by atoms with E-state index in [0.29, 0.717) is 6.54 Å². The Morgan fingerprint density at radius 2 is 2.24 bits per heavy atom. The number of thiophene rings is 1. The Morgan fingerprint density at radius 1 is 1.47 bits per heavy atom. The summed E-state index contributed by atoms with van der Waals surface area (Å²) in [6.07, 6.45) is 0.869. The molecule has 4 N–H and O–H groups in total. The Bertz CT molecular complexity index is 365. The molecule has 0 spiro atoms. The second kappa shape index (κ2) is 7.03. The molecule has 1 atom stereocenters. The van der Waals surface area contributed by atoms with Crippen molar-refractivity contribution in [2.24, 2.45) is 5.73 Å². The molecule has 0 aliphatic heterocycles. The topological polar surface area (TPSA) is 84.2 Å². The van der Waals surface area contributed by atoms with E-state index < -0.39 is 6.04 Å². The van der Waals surface area contributed by atoms with E-state index in [0.717, 1.165) is 11.3 Å². The molecule has 94 valence electrons. The van der Waals surface area contributed by atoms with Crippen LogP contribution in [0.25, 0.3) is 0 Å². The zero-order valence-electron chi connectivity index (χ0n) is 9.73. The third-order valence-electron chi connectivity index (χ3n) is 2.13. The molecule has 0 fully saturated rings. The molecule has 17 heavy (non-hydrogen) atoms. The molecule has 0 aliphatic carbocycles. The Hall–Kier alpha value is -1.40. The fourth-order valence-corrected chi connectivity index (χ4v) is 1.93. The van der Waals surface area contributed by atoms with Crippen LogP contribution in [0.15, 0.2) is 17.5 Å². The summed E-state index contributed by atoms with van der Waals surface area (Å²) < 4.78 is 0. The van der Waals surface area contributed by atoms with Crippen molar-refractivity contribution in [1.29, 1.82) is 0 Å². The van der Waals surface area contributed by atoms with Gasteiger partial charge in [0.15, 0.2) is 0 Å². The van der Waals surface area contributed by atoms with E-state index in [4.69, 9.17) is 5.73 Å². The largest absolute Gasteiger partial charge is 0.355 e. The standard InChI is InChI=1S/C11H17N3O2S/c1-2-5-13-9(15)7-14-11(16)10(12)8-4-3-6-17-8/h3-4,6,10H,2,5,7,12H2,1H3,(H,13,15)(H,14,16). The molecule has 1 rings (SSSR count). The van der Waals surface area contributed by atoms with Gasteiger partial charge in [-0.15, -0.1) is 11.3 Å². The first-order chi connectivity index (χ1) is 8.15. The van der Waals surface area contributed by atoms with Gasteiger partial charge in [0.2, 0.25) is 11.8 Å². The lowest BCUT2D eigenvalue weighted by atomic mass is 10.2. The first-order valence-corrected chi connectivity index (χ1v) is 6.36. The van der Waals surface area contributed by atoms with Crippen LogP contribution in [0.3, 0.4) is 0 Å². The number of hydrogen-bond acceptors (Lipinski definition) is 4. The third kappa shape index (κ3) is 4.54. The highest BCUT2D eigenvalue weighted by atomic mass is 32.1. The van der Waals surface area contributed by atoms with Crippen molar-refractivity contribution >= 4 is 23.2 Å². The molecule has 6 heteroatoms. The number of carbonyl (C=O) groups is 2. The van der Waals surface area contributed by atoms with Crippen LogP contribution < -0.4 is 16.4 Å². The highest BCUT2D eigenvalue weighted by Crippen LogP contribution is 2.16. The molecule has 0 aliphatic rings. The minimum absolute atomic E-state index is 0.0299. The van der Waals surface area contributed by atoms with E-state index in [9.17, 15) is 9.59 Å². The second-order valence-electron chi connectivity index (χ2n) is 3.56.